The normalized spacial score (nSPS) is 10.4. The molecule has 1 heterocycles. The largest absolute Gasteiger partial charge is 0.495 e. The van der Waals surface area contributed by atoms with Gasteiger partial charge in [-0.2, -0.15) is 0 Å². The number of rotatable bonds is 7. The second-order valence-corrected chi connectivity index (χ2v) is 6.62. The molecule has 0 aliphatic heterocycles. The summed E-state index contributed by atoms with van der Waals surface area (Å²) in [6, 6.07) is 18.9. The highest BCUT2D eigenvalue weighted by atomic mass is 35.5. The Hall–Kier alpha value is -3.05. The number of hydrogen-bond acceptors (Lipinski definition) is 4. The smallest absolute Gasteiger partial charge is 0.255 e. The summed E-state index contributed by atoms with van der Waals surface area (Å²) in [6.45, 7) is 3.16. The van der Waals surface area contributed by atoms with Crippen LogP contribution in [0, 0.1) is 0 Å². The monoisotopic (exact) mass is 395 g/mol. The van der Waals surface area contributed by atoms with E-state index in [1.807, 2.05) is 43.3 Å². The number of halogens is 1. The molecule has 0 unspecified atom stereocenters. The van der Waals surface area contributed by atoms with Gasteiger partial charge in [0.2, 0.25) is 0 Å². The van der Waals surface area contributed by atoms with Crippen molar-refractivity contribution in [2.24, 2.45) is 0 Å². The molecule has 1 N–H and O–H groups in total. The summed E-state index contributed by atoms with van der Waals surface area (Å²) in [5.41, 5.74) is 2.44. The van der Waals surface area contributed by atoms with Gasteiger partial charge in [-0.25, -0.2) is 4.98 Å². The van der Waals surface area contributed by atoms with Gasteiger partial charge in [-0.1, -0.05) is 41.9 Å². The van der Waals surface area contributed by atoms with Crippen molar-refractivity contribution in [2.75, 3.05) is 19.0 Å². The number of nitrogens with zero attached hydrogens (tertiary/aromatic N) is 2. The number of nitrogens with one attached hydrogen (secondary N) is 1. The summed E-state index contributed by atoms with van der Waals surface area (Å²) >= 11 is 6.14. The molecule has 0 spiro atoms. The van der Waals surface area contributed by atoms with Crippen molar-refractivity contribution >= 4 is 29.0 Å². The molecule has 1 aromatic heterocycles. The van der Waals surface area contributed by atoms with Crippen LogP contribution in [0.2, 0.25) is 5.02 Å². The molecule has 0 aliphatic rings. The zero-order valence-corrected chi connectivity index (χ0v) is 16.6. The van der Waals surface area contributed by atoms with E-state index in [0.717, 1.165) is 11.3 Å². The van der Waals surface area contributed by atoms with E-state index in [1.54, 1.807) is 42.5 Å². The summed E-state index contributed by atoms with van der Waals surface area (Å²) in [7, 11) is 1.57. The van der Waals surface area contributed by atoms with Crippen molar-refractivity contribution in [3.05, 3.63) is 83.0 Å². The van der Waals surface area contributed by atoms with Crippen LogP contribution in [0.1, 0.15) is 22.8 Å². The van der Waals surface area contributed by atoms with Crippen LogP contribution in [0.4, 0.5) is 11.5 Å². The van der Waals surface area contributed by atoms with Crippen molar-refractivity contribution in [1.29, 1.82) is 0 Å². The Morgan fingerprint density at radius 2 is 1.93 bits per heavy atom. The van der Waals surface area contributed by atoms with Crippen LogP contribution in [0.5, 0.6) is 5.75 Å². The van der Waals surface area contributed by atoms with Crippen molar-refractivity contribution in [3.63, 3.8) is 0 Å². The standard InChI is InChI=1S/C22H22ClN3O2/c1-3-26(15-16-7-5-4-6-8-16)22(27)17-9-12-21(24-14-17)25-18-10-11-20(28-2)19(23)13-18/h4-14H,3,15H2,1-2H3,(H,24,25). The molecule has 5 nitrogen and oxygen atoms in total. The van der Waals surface area contributed by atoms with E-state index >= 15 is 0 Å². The van der Waals surface area contributed by atoms with E-state index < -0.39 is 0 Å². The number of pyridine rings is 1. The Labute approximate surface area is 169 Å². The van der Waals surface area contributed by atoms with E-state index in [-0.39, 0.29) is 5.91 Å². The fourth-order valence-electron chi connectivity index (χ4n) is 2.80. The molecule has 0 fully saturated rings. The Morgan fingerprint density at radius 3 is 2.54 bits per heavy atom. The summed E-state index contributed by atoms with van der Waals surface area (Å²) in [5, 5.41) is 3.68. The molecule has 0 saturated heterocycles. The van der Waals surface area contributed by atoms with Crippen LogP contribution < -0.4 is 10.1 Å². The summed E-state index contributed by atoms with van der Waals surface area (Å²) < 4.78 is 5.15. The molecular formula is C22H22ClN3O2. The number of benzene rings is 2. The predicted molar refractivity (Wildman–Crippen MR) is 112 cm³/mol. The highest BCUT2D eigenvalue weighted by molar-refractivity contribution is 6.32. The van der Waals surface area contributed by atoms with Crippen LogP contribution in [-0.2, 0) is 6.54 Å². The lowest BCUT2D eigenvalue weighted by Crippen LogP contribution is -2.30. The topological polar surface area (TPSA) is 54.5 Å². The minimum atomic E-state index is -0.0436. The van der Waals surface area contributed by atoms with E-state index in [4.69, 9.17) is 16.3 Å². The molecule has 0 saturated carbocycles. The molecule has 3 aromatic rings. The van der Waals surface area contributed by atoms with Crippen LogP contribution >= 0.6 is 11.6 Å². The summed E-state index contributed by atoms with van der Waals surface area (Å²) in [4.78, 5) is 19.0. The maximum Gasteiger partial charge on any atom is 0.255 e. The van der Waals surface area contributed by atoms with Crippen molar-refractivity contribution in [1.82, 2.24) is 9.88 Å². The van der Waals surface area contributed by atoms with Crippen molar-refractivity contribution in [2.45, 2.75) is 13.5 Å². The highest BCUT2D eigenvalue weighted by Gasteiger charge is 2.15. The summed E-state index contributed by atoms with van der Waals surface area (Å²) in [6.07, 6.45) is 1.59. The van der Waals surface area contributed by atoms with Gasteiger partial charge in [-0.3, -0.25) is 4.79 Å². The first-order valence-electron chi connectivity index (χ1n) is 9.00. The van der Waals surface area contributed by atoms with Gasteiger partial charge >= 0.3 is 0 Å². The van der Waals surface area contributed by atoms with Gasteiger partial charge < -0.3 is 15.0 Å². The summed E-state index contributed by atoms with van der Waals surface area (Å²) in [5.74, 6) is 1.20. The Bertz CT molecular complexity index is 930. The first-order valence-corrected chi connectivity index (χ1v) is 9.38. The third kappa shape index (κ3) is 4.81. The van der Waals surface area contributed by atoms with Gasteiger partial charge in [-0.05, 0) is 42.8 Å². The lowest BCUT2D eigenvalue weighted by molar-refractivity contribution is 0.0752. The van der Waals surface area contributed by atoms with Gasteiger partial charge in [-0.15, -0.1) is 0 Å². The molecule has 0 atom stereocenters. The minimum Gasteiger partial charge on any atom is -0.495 e. The number of hydrogen-bond donors (Lipinski definition) is 1. The fraction of sp³-hybridized carbons (Fsp3) is 0.182. The second kappa shape index (κ2) is 9.24. The molecule has 144 valence electrons. The molecule has 2 aromatic carbocycles. The second-order valence-electron chi connectivity index (χ2n) is 6.21. The predicted octanol–water partition coefficient (Wildman–Crippen LogP) is 5.15. The number of aromatic nitrogens is 1. The van der Waals surface area contributed by atoms with Crippen molar-refractivity contribution in [3.8, 4) is 5.75 Å². The zero-order valence-electron chi connectivity index (χ0n) is 15.9. The molecule has 0 radical (unpaired) electrons. The van der Waals surface area contributed by atoms with Crippen molar-refractivity contribution < 1.29 is 9.53 Å². The lowest BCUT2D eigenvalue weighted by atomic mass is 10.2. The number of methoxy groups -OCH3 is 1. The van der Waals surface area contributed by atoms with E-state index in [9.17, 15) is 4.79 Å². The molecule has 0 bridgehead atoms. The highest BCUT2D eigenvalue weighted by Crippen LogP contribution is 2.28. The van der Waals surface area contributed by atoms with Crippen LogP contribution in [0.15, 0.2) is 66.9 Å². The first kappa shape index (κ1) is 19.7. The number of amides is 1. The third-order valence-corrected chi connectivity index (χ3v) is 4.62. The quantitative estimate of drug-likeness (QED) is 0.601. The average Bonchev–Trinajstić information content (AvgIpc) is 2.73. The number of carbonyl (C=O) groups excluding carboxylic acids is 1. The van der Waals surface area contributed by atoms with E-state index in [1.165, 1.54) is 0 Å². The molecular weight excluding hydrogens is 374 g/mol. The fourth-order valence-corrected chi connectivity index (χ4v) is 3.06. The van der Waals surface area contributed by atoms with Gasteiger partial charge in [0.1, 0.15) is 11.6 Å². The van der Waals surface area contributed by atoms with Crippen LogP contribution in [0.25, 0.3) is 0 Å². The van der Waals surface area contributed by atoms with E-state index in [0.29, 0.717) is 35.2 Å². The van der Waals surface area contributed by atoms with Crippen LogP contribution in [-0.4, -0.2) is 29.4 Å². The Morgan fingerprint density at radius 1 is 1.14 bits per heavy atom. The Balaban J connectivity index is 1.69. The minimum absolute atomic E-state index is 0.0436. The van der Waals surface area contributed by atoms with Gasteiger partial charge in [0, 0.05) is 25.0 Å². The molecule has 6 heteroatoms. The van der Waals surface area contributed by atoms with Gasteiger partial charge in [0.15, 0.2) is 0 Å². The maximum atomic E-state index is 12.8. The lowest BCUT2D eigenvalue weighted by Gasteiger charge is -2.21. The SMILES string of the molecule is CCN(Cc1ccccc1)C(=O)c1ccc(Nc2ccc(OC)c(Cl)c2)nc1. The number of anilines is 2. The maximum absolute atomic E-state index is 12.8. The number of carbonyl (C=O) groups is 1. The van der Waals surface area contributed by atoms with E-state index in [2.05, 4.69) is 10.3 Å². The average molecular weight is 396 g/mol. The number of ether oxygens (including phenoxy) is 1. The Kier molecular flexibility index (Phi) is 6.50. The van der Waals surface area contributed by atoms with Gasteiger partial charge in [0.05, 0.1) is 17.7 Å². The van der Waals surface area contributed by atoms with Crippen LogP contribution in [0.3, 0.4) is 0 Å². The molecule has 1 amide bonds. The molecule has 28 heavy (non-hydrogen) atoms. The van der Waals surface area contributed by atoms with Gasteiger partial charge in [0.25, 0.3) is 5.91 Å². The molecule has 0 aliphatic carbocycles. The third-order valence-electron chi connectivity index (χ3n) is 4.32. The molecule has 3 rings (SSSR count). The first-order chi connectivity index (χ1) is 13.6. The zero-order chi connectivity index (χ0) is 19.9.